The highest BCUT2D eigenvalue weighted by atomic mass is 32.1. The Bertz CT molecular complexity index is 538. The number of hydrogen-bond acceptors (Lipinski definition) is 3. The fourth-order valence-corrected chi connectivity index (χ4v) is 4.34. The van der Waals surface area contributed by atoms with E-state index in [4.69, 9.17) is 0 Å². The van der Waals surface area contributed by atoms with Crippen LogP contribution in [0.4, 0.5) is 0 Å². The molecule has 0 bridgehead atoms. The zero-order valence-electron chi connectivity index (χ0n) is 13.1. The Kier molecular flexibility index (Phi) is 4.94. The summed E-state index contributed by atoms with van der Waals surface area (Å²) in [6.45, 7) is 4.73. The molecule has 3 rings (SSSR count). The second-order valence-corrected chi connectivity index (χ2v) is 7.47. The summed E-state index contributed by atoms with van der Waals surface area (Å²) in [6.07, 6.45) is 5.11. The molecule has 1 aliphatic heterocycles. The molecule has 1 aromatic heterocycles. The van der Waals surface area contributed by atoms with Gasteiger partial charge in [0.05, 0.1) is 0 Å². The lowest BCUT2D eigenvalue weighted by atomic mass is 10.0. The van der Waals surface area contributed by atoms with Gasteiger partial charge >= 0.3 is 0 Å². The largest absolute Gasteiger partial charge is 0.315 e. The van der Waals surface area contributed by atoms with Crippen LogP contribution in [-0.4, -0.2) is 37.1 Å². The first-order chi connectivity index (χ1) is 10.2. The summed E-state index contributed by atoms with van der Waals surface area (Å²) in [4.78, 5) is 4.11. The molecule has 1 aliphatic rings. The number of piperidine rings is 1. The van der Waals surface area contributed by atoms with E-state index in [2.05, 4.69) is 54.5 Å². The van der Waals surface area contributed by atoms with E-state index in [0.29, 0.717) is 6.04 Å². The molecule has 1 saturated heterocycles. The van der Waals surface area contributed by atoms with E-state index in [1.807, 2.05) is 11.3 Å². The number of likely N-dealkylation sites (N-methyl/N-ethyl adjacent to an activating group) is 1. The van der Waals surface area contributed by atoms with E-state index in [1.165, 1.54) is 47.2 Å². The van der Waals surface area contributed by atoms with Crippen LogP contribution in [0.5, 0.6) is 0 Å². The maximum absolute atomic E-state index is 3.52. The average molecular weight is 302 g/mol. The maximum atomic E-state index is 3.52. The number of hydrogen-bond donors (Lipinski definition) is 1. The van der Waals surface area contributed by atoms with Crippen molar-refractivity contribution in [3.63, 3.8) is 0 Å². The number of aryl methyl sites for hydroxylation is 1. The molecule has 0 radical (unpaired) electrons. The first-order valence-corrected chi connectivity index (χ1v) is 8.96. The van der Waals surface area contributed by atoms with Crippen molar-refractivity contribution in [1.29, 1.82) is 0 Å². The number of benzene rings is 1. The van der Waals surface area contributed by atoms with Crippen LogP contribution in [0, 0.1) is 0 Å². The Balaban J connectivity index is 1.55. The minimum atomic E-state index is 0.653. The van der Waals surface area contributed by atoms with Crippen LogP contribution in [0.2, 0.25) is 0 Å². The normalized spacial score (nSPS) is 21.0. The van der Waals surface area contributed by atoms with Gasteiger partial charge in [-0.05, 0) is 63.7 Å². The molecule has 1 fully saturated rings. The number of nitrogens with one attached hydrogen (secondary N) is 1. The van der Waals surface area contributed by atoms with Crippen molar-refractivity contribution in [2.24, 2.45) is 0 Å². The van der Waals surface area contributed by atoms with Gasteiger partial charge < -0.3 is 5.32 Å². The molecule has 3 heteroatoms. The summed E-state index contributed by atoms with van der Waals surface area (Å²) in [5, 5.41) is 4.92. The number of thiophene rings is 1. The quantitative estimate of drug-likeness (QED) is 0.901. The van der Waals surface area contributed by atoms with Crippen LogP contribution in [0.15, 0.2) is 30.3 Å². The number of fused-ring (bicyclic) bond motifs is 1. The molecule has 0 amide bonds. The third-order valence-corrected chi connectivity index (χ3v) is 6.00. The van der Waals surface area contributed by atoms with Crippen molar-refractivity contribution in [2.75, 3.05) is 20.1 Å². The highest BCUT2D eigenvalue weighted by Crippen LogP contribution is 2.27. The molecule has 114 valence electrons. The molecule has 2 atom stereocenters. The SMILES string of the molecule is CC(CCc1cc2ccccc2s1)N(C)C1CCCNC1. The smallest absolute Gasteiger partial charge is 0.0345 e. The minimum absolute atomic E-state index is 0.653. The topological polar surface area (TPSA) is 15.3 Å². The fraction of sp³-hybridized carbons (Fsp3) is 0.556. The Morgan fingerprint density at radius 3 is 3.00 bits per heavy atom. The Morgan fingerprint density at radius 2 is 2.24 bits per heavy atom. The standard InChI is InChI=1S/C18H26N2S/c1-14(20(2)16-7-5-11-19-13-16)9-10-17-12-15-6-3-4-8-18(15)21-17/h3-4,6,8,12,14,16,19H,5,7,9-11,13H2,1-2H3. The van der Waals surface area contributed by atoms with Crippen LogP contribution >= 0.6 is 11.3 Å². The van der Waals surface area contributed by atoms with Gasteiger partial charge in [0.25, 0.3) is 0 Å². The molecule has 1 aromatic carbocycles. The van der Waals surface area contributed by atoms with Crippen LogP contribution < -0.4 is 5.32 Å². The van der Waals surface area contributed by atoms with Gasteiger partial charge in [0.1, 0.15) is 0 Å². The van der Waals surface area contributed by atoms with Gasteiger partial charge in [-0.1, -0.05) is 18.2 Å². The molecular formula is C18H26N2S. The van der Waals surface area contributed by atoms with Crippen LogP contribution in [-0.2, 0) is 6.42 Å². The molecule has 0 spiro atoms. The summed E-state index contributed by atoms with van der Waals surface area (Å²) < 4.78 is 1.42. The van der Waals surface area contributed by atoms with E-state index >= 15 is 0 Å². The molecule has 2 heterocycles. The molecule has 2 unspecified atom stereocenters. The van der Waals surface area contributed by atoms with Gasteiger partial charge in [0.2, 0.25) is 0 Å². The van der Waals surface area contributed by atoms with Gasteiger partial charge in [0, 0.05) is 28.2 Å². The van der Waals surface area contributed by atoms with E-state index in [1.54, 1.807) is 0 Å². The predicted molar refractivity (Wildman–Crippen MR) is 93.3 cm³/mol. The highest BCUT2D eigenvalue weighted by Gasteiger charge is 2.21. The van der Waals surface area contributed by atoms with E-state index < -0.39 is 0 Å². The third kappa shape index (κ3) is 3.65. The zero-order chi connectivity index (χ0) is 14.7. The van der Waals surface area contributed by atoms with Crippen molar-refractivity contribution in [2.45, 2.75) is 44.7 Å². The zero-order valence-corrected chi connectivity index (χ0v) is 14.0. The van der Waals surface area contributed by atoms with Crippen LogP contribution in [0.1, 0.15) is 31.1 Å². The van der Waals surface area contributed by atoms with Gasteiger partial charge in [-0.15, -0.1) is 11.3 Å². The van der Waals surface area contributed by atoms with Crippen molar-refractivity contribution in [3.8, 4) is 0 Å². The molecule has 1 N–H and O–H groups in total. The highest BCUT2D eigenvalue weighted by molar-refractivity contribution is 7.19. The third-order valence-electron chi connectivity index (χ3n) is 4.83. The van der Waals surface area contributed by atoms with Gasteiger partial charge in [0.15, 0.2) is 0 Å². The monoisotopic (exact) mass is 302 g/mol. The van der Waals surface area contributed by atoms with Crippen molar-refractivity contribution in [1.82, 2.24) is 10.2 Å². The first-order valence-electron chi connectivity index (χ1n) is 8.14. The summed E-state index contributed by atoms with van der Waals surface area (Å²) in [5.74, 6) is 0. The Morgan fingerprint density at radius 1 is 1.38 bits per heavy atom. The van der Waals surface area contributed by atoms with Gasteiger partial charge in [-0.3, -0.25) is 4.90 Å². The fourth-order valence-electron chi connectivity index (χ4n) is 3.26. The first kappa shape index (κ1) is 15.0. The molecule has 2 nitrogen and oxygen atoms in total. The van der Waals surface area contributed by atoms with E-state index in [9.17, 15) is 0 Å². The van der Waals surface area contributed by atoms with Crippen LogP contribution in [0.3, 0.4) is 0 Å². The summed E-state index contributed by atoms with van der Waals surface area (Å²) in [7, 11) is 2.30. The number of nitrogens with zero attached hydrogens (tertiary/aromatic N) is 1. The van der Waals surface area contributed by atoms with E-state index in [-0.39, 0.29) is 0 Å². The summed E-state index contributed by atoms with van der Waals surface area (Å²) in [6, 6.07) is 12.5. The second-order valence-electron chi connectivity index (χ2n) is 6.30. The average Bonchev–Trinajstić information content (AvgIpc) is 2.95. The van der Waals surface area contributed by atoms with Crippen molar-refractivity contribution in [3.05, 3.63) is 35.2 Å². The Labute approximate surface area is 132 Å². The van der Waals surface area contributed by atoms with Crippen molar-refractivity contribution < 1.29 is 0 Å². The summed E-state index contributed by atoms with van der Waals surface area (Å²) in [5.41, 5.74) is 0. The van der Waals surface area contributed by atoms with Gasteiger partial charge in [-0.25, -0.2) is 0 Å². The lowest BCUT2D eigenvalue weighted by Crippen LogP contribution is -2.47. The lowest BCUT2D eigenvalue weighted by molar-refractivity contribution is 0.150. The Hall–Kier alpha value is -0.900. The minimum Gasteiger partial charge on any atom is -0.315 e. The molecular weight excluding hydrogens is 276 g/mol. The van der Waals surface area contributed by atoms with E-state index in [0.717, 1.165) is 12.6 Å². The maximum Gasteiger partial charge on any atom is 0.0345 e. The second kappa shape index (κ2) is 6.91. The van der Waals surface area contributed by atoms with Gasteiger partial charge in [-0.2, -0.15) is 0 Å². The molecule has 0 saturated carbocycles. The predicted octanol–water partition coefficient (Wildman–Crippen LogP) is 3.91. The van der Waals surface area contributed by atoms with Crippen molar-refractivity contribution >= 4 is 21.4 Å². The molecule has 0 aliphatic carbocycles. The lowest BCUT2D eigenvalue weighted by Gasteiger charge is -2.36. The number of rotatable bonds is 5. The molecule has 21 heavy (non-hydrogen) atoms. The molecule has 2 aromatic rings. The summed E-state index contributed by atoms with van der Waals surface area (Å²) >= 11 is 1.96. The van der Waals surface area contributed by atoms with Crippen LogP contribution in [0.25, 0.3) is 10.1 Å².